The zero-order valence-corrected chi connectivity index (χ0v) is 8.31. The van der Waals surface area contributed by atoms with E-state index in [4.69, 9.17) is 5.11 Å². The monoisotopic (exact) mass is 191 g/mol. The number of hydrogen-bond acceptors (Lipinski definition) is 3. The molecule has 2 aromatic rings. The third kappa shape index (κ3) is 1.37. The van der Waals surface area contributed by atoms with Gasteiger partial charge in [-0.3, -0.25) is 0 Å². The van der Waals surface area contributed by atoms with Crippen LogP contribution in [0.3, 0.4) is 0 Å². The molecule has 4 nitrogen and oxygen atoms in total. The van der Waals surface area contributed by atoms with Crippen LogP contribution in [-0.2, 0) is 6.61 Å². The normalized spacial score (nSPS) is 11.4. The van der Waals surface area contributed by atoms with Crippen LogP contribution in [0.2, 0.25) is 0 Å². The molecular weight excluding hydrogens is 178 g/mol. The standard InChI is InChI=1S/C10H13N3O/c1-7(2)9-3-4-10-11-5-8(6-14)13(10)12-9/h3-5,7,14H,6H2,1-2H3. The van der Waals surface area contributed by atoms with Gasteiger partial charge in [0.1, 0.15) is 0 Å². The van der Waals surface area contributed by atoms with Crippen LogP contribution in [0.4, 0.5) is 0 Å². The van der Waals surface area contributed by atoms with Crippen LogP contribution in [0.5, 0.6) is 0 Å². The molecule has 0 atom stereocenters. The molecule has 2 heterocycles. The number of imidazole rings is 1. The first-order chi connectivity index (χ1) is 6.72. The van der Waals surface area contributed by atoms with E-state index in [2.05, 4.69) is 23.9 Å². The van der Waals surface area contributed by atoms with E-state index in [1.54, 1.807) is 10.7 Å². The first kappa shape index (κ1) is 9.15. The molecule has 0 aliphatic rings. The molecule has 0 aliphatic carbocycles. The summed E-state index contributed by atoms with van der Waals surface area (Å²) in [5.74, 6) is 0.383. The summed E-state index contributed by atoms with van der Waals surface area (Å²) in [7, 11) is 0. The third-order valence-electron chi connectivity index (χ3n) is 2.21. The van der Waals surface area contributed by atoms with Crippen molar-refractivity contribution in [2.45, 2.75) is 26.4 Å². The van der Waals surface area contributed by atoms with E-state index in [0.717, 1.165) is 17.0 Å². The lowest BCUT2D eigenvalue weighted by Gasteiger charge is -2.04. The van der Waals surface area contributed by atoms with Crippen LogP contribution in [0.15, 0.2) is 18.3 Å². The van der Waals surface area contributed by atoms with Gasteiger partial charge in [-0.1, -0.05) is 13.8 Å². The quantitative estimate of drug-likeness (QED) is 0.779. The average Bonchev–Trinajstić information content (AvgIpc) is 2.59. The molecule has 2 rings (SSSR count). The Balaban J connectivity index is 2.61. The number of aromatic nitrogens is 3. The van der Waals surface area contributed by atoms with Crippen molar-refractivity contribution >= 4 is 5.65 Å². The Morgan fingerprint density at radius 2 is 2.21 bits per heavy atom. The molecule has 0 saturated heterocycles. The van der Waals surface area contributed by atoms with Crippen molar-refractivity contribution < 1.29 is 5.11 Å². The lowest BCUT2D eigenvalue weighted by molar-refractivity contribution is 0.274. The maximum atomic E-state index is 9.05. The van der Waals surface area contributed by atoms with E-state index in [9.17, 15) is 0 Å². The van der Waals surface area contributed by atoms with Gasteiger partial charge in [-0.25, -0.2) is 9.50 Å². The molecule has 0 aromatic carbocycles. The fourth-order valence-electron chi connectivity index (χ4n) is 1.35. The zero-order valence-electron chi connectivity index (χ0n) is 8.31. The highest BCUT2D eigenvalue weighted by molar-refractivity contribution is 5.39. The van der Waals surface area contributed by atoms with Gasteiger partial charge in [0.05, 0.1) is 24.2 Å². The molecule has 0 bridgehead atoms. The van der Waals surface area contributed by atoms with Crippen molar-refractivity contribution in [3.63, 3.8) is 0 Å². The summed E-state index contributed by atoms with van der Waals surface area (Å²) >= 11 is 0. The molecule has 4 heteroatoms. The summed E-state index contributed by atoms with van der Waals surface area (Å²) in [6.45, 7) is 4.14. The minimum absolute atomic E-state index is 0.0320. The third-order valence-corrected chi connectivity index (χ3v) is 2.21. The number of hydrogen-bond donors (Lipinski definition) is 1. The smallest absolute Gasteiger partial charge is 0.153 e. The van der Waals surface area contributed by atoms with Gasteiger partial charge in [0.2, 0.25) is 0 Å². The van der Waals surface area contributed by atoms with Gasteiger partial charge in [-0.15, -0.1) is 0 Å². The van der Waals surface area contributed by atoms with Crippen LogP contribution >= 0.6 is 0 Å². The molecule has 0 fully saturated rings. The van der Waals surface area contributed by atoms with Gasteiger partial charge in [0.25, 0.3) is 0 Å². The van der Waals surface area contributed by atoms with Crippen molar-refractivity contribution in [1.29, 1.82) is 0 Å². The van der Waals surface area contributed by atoms with Gasteiger partial charge >= 0.3 is 0 Å². The minimum Gasteiger partial charge on any atom is -0.390 e. The van der Waals surface area contributed by atoms with E-state index in [0.29, 0.717) is 5.92 Å². The first-order valence-electron chi connectivity index (χ1n) is 4.67. The van der Waals surface area contributed by atoms with Crippen LogP contribution in [-0.4, -0.2) is 19.7 Å². The van der Waals surface area contributed by atoms with E-state index in [1.165, 1.54) is 0 Å². The fourth-order valence-corrected chi connectivity index (χ4v) is 1.35. The summed E-state index contributed by atoms with van der Waals surface area (Å²) in [4.78, 5) is 4.13. The summed E-state index contributed by atoms with van der Waals surface area (Å²) in [5, 5.41) is 13.5. The second-order valence-electron chi connectivity index (χ2n) is 3.59. The number of aliphatic hydroxyl groups excluding tert-OH is 1. The van der Waals surface area contributed by atoms with Crippen molar-refractivity contribution in [3.8, 4) is 0 Å². The van der Waals surface area contributed by atoms with Crippen LogP contribution in [0.1, 0.15) is 31.2 Å². The maximum absolute atomic E-state index is 9.05. The molecule has 0 aliphatic heterocycles. The molecule has 14 heavy (non-hydrogen) atoms. The van der Waals surface area contributed by atoms with Crippen molar-refractivity contribution in [2.75, 3.05) is 0 Å². The number of rotatable bonds is 2. The van der Waals surface area contributed by atoms with Crippen molar-refractivity contribution in [2.24, 2.45) is 0 Å². The predicted molar refractivity (Wildman–Crippen MR) is 53.0 cm³/mol. The molecule has 0 amide bonds. The summed E-state index contributed by atoms with van der Waals surface area (Å²) in [5.41, 5.74) is 2.51. The van der Waals surface area contributed by atoms with Gasteiger partial charge in [-0.2, -0.15) is 5.10 Å². The predicted octanol–water partition coefficient (Wildman–Crippen LogP) is 1.34. The Kier molecular flexibility index (Phi) is 2.21. The van der Waals surface area contributed by atoms with E-state index >= 15 is 0 Å². The highest BCUT2D eigenvalue weighted by Gasteiger charge is 2.06. The molecule has 0 saturated carbocycles. The van der Waals surface area contributed by atoms with E-state index < -0.39 is 0 Å². The lowest BCUT2D eigenvalue weighted by Crippen LogP contribution is -2.02. The zero-order chi connectivity index (χ0) is 10.1. The summed E-state index contributed by atoms with van der Waals surface area (Å²) in [6.07, 6.45) is 1.65. The Hall–Kier alpha value is -1.42. The topological polar surface area (TPSA) is 50.4 Å². The van der Waals surface area contributed by atoms with Crippen LogP contribution < -0.4 is 0 Å². The molecule has 74 valence electrons. The Morgan fingerprint density at radius 3 is 2.86 bits per heavy atom. The molecule has 0 radical (unpaired) electrons. The van der Waals surface area contributed by atoms with Gasteiger partial charge in [0.15, 0.2) is 5.65 Å². The molecule has 0 unspecified atom stereocenters. The van der Waals surface area contributed by atoms with Crippen LogP contribution in [0.25, 0.3) is 5.65 Å². The second-order valence-corrected chi connectivity index (χ2v) is 3.59. The van der Waals surface area contributed by atoms with E-state index in [-0.39, 0.29) is 6.61 Å². The number of aliphatic hydroxyl groups is 1. The largest absolute Gasteiger partial charge is 0.390 e. The molecule has 1 N–H and O–H groups in total. The van der Waals surface area contributed by atoms with Gasteiger partial charge < -0.3 is 5.11 Å². The maximum Gasteiger partial charge on any atom is 0.153 e. The molecule has 2 aromatic heterocycles. The number of nitrogens with zero attached hydrogens (tertiary/aromatic N) is 3. The van der Waals surface area contributed by atoms with Gasteiger partial charge in [0, 0.05) is 0 Å². The van der Waals surface area contributed by atoms with Crippen LogP contribution in [0, 0.1) is 0 Å². The van der Waals surface area contributed by atoms with E-state index in [1.807, 2.05) is 12.1 Å². The lowest BCUT2D eigenvalue weighted by atomic mass is 10.1. The van der Waals surface area contributed by atoms with Crippen molar-refractivity contribution in [1.82, 2.24) is 14.6 Å². The summed E-state index contributed by atoms with van der Waals surface area (Å²) < 4.78 is 1.69. The second kappa shape index (κ2) is 3.38. The highest BCUT2D eigenvalue weighted by atomic mass is 16.3. The van der Waals surface area contributed by atoms with Gasteiger partial charge in [-0.05, 0) is 18.1 Å². The fraction of sp³-hybridized carbons (Fsp3) is 0.400. The molecule has 0 spiro atoms. The summed E-state index contributed by atoms with van der Waals surface area (Å²) in [6, 6.07) is 3.88. The highest BCUT2D eigenvalue weighted by Crippen LogP contribution is 2.12. The minimum atomic E-state index is -0.0320. The Bertz CT molecular complexity index is 448. The Morgan fingerprint density at radius 1 is 1.43 bits per heavy atom. The molecular formula is C10H13N3O. The number of fused-ring (bicyclic) bond motifs is 1. The van der Waals surface area contributed by atoms with Crippen molar-refractivity contribution in [3.05, 3.63) is 29.7 Å². The first-order valence-corrected chi connectivity index (χ1v) is 4.67. The SMILES string of the molecule is CC(C)c1ccc2ncc(CO)n2n1. The average molecular weight is 191 g/mol. The Labute approximate surface area is 82.2 Å².